The van der Waals surface area contributed by atoms with E-state index in [1.807, 2.05) is 44.2 Å². The lowest BCUT2D eigenvalue weighted by atomic mass is 10.1. The van der Waals surface area contributed by atoms with Crippen molar-refractivity contribution >= 4 is 0 Å². The molecule has 4 nitrogen and oxygen atoms in total. The standard InChI is InChI=1S/C20H25NO3/c1-3-23-18-10-9-14(11-19(18)24-4-2)13-21-20-16-8-6-5-7-15(16)12-17(20)22/h5-11,17,20-22H,3-4,12-13H2,1-2H3/t17-,20+/m0/s1. The van der Waals surface area contributed by atoms with E-state index in [1.165, 1.54) is 11.1 Å². The highest BCUT2D eigenvalue weighted by atomic mass is 16.5. The fourth-order valence-electron chi connectivity index (χ4n) is 3.25. The van der Waals surface area contributed by atoms with Gasteiger partial charge in [0.25, 0.3) is 0 Å². The molecule has 0 saturated carbocycles. The van der Waals surface area contributed by atoms with E-state index in [0.717, 1.165) is 17.1 Å². The highest BCUT2D eigenvalue weighted by Crippen LogP contribution is 2.32. The quantitative estimate of drug-likeness (QED) is 0.820. The molecule has 24 heavy (non-hydrogen) atoms. The molecule has 4 heteroatoms. The van der Waals surface area contributed by atoms with Gasteiger partial charge in [-0.1, -0.05) is 30.3 Å². The number of ether oxygens (including phenoxy) is 2. The maximum absolute atomic E-state index is 10.3. The van der Waals surface area contributed by atoms with E-state index in [4.69, 9.17) is 9.47 Å². The normalized spacial score (nSPS) is 19.1. The molecule has 2 atom stereocenters. The Kier molecular flexibility index (Phi) is 5.38. The summed E-state index contributed by atoms with van der Waals surface area (Å²) < 4.78 is 11.3. The van der Waals surface area contributed by atoms with Gasteiger partial charge >= 0.3 is 0 Å². The number of rotatable bonds is 7. The van der Waals surface area contributed by atoms with Gasteiger partial charge in [-0.3, -0.25) is 0 Å². The summed E-state index contributed by atoms with van der Waals surface area (Å²) in [5, 5.41) is 13.8. The van der Waals surface area contributed by atoms with Gasteiger partial charge < -0.3 is 19.9 Å². The van der Waals surface area contributed by atoms with E-state index in [9.17, 15) is 5.11 Å². The first-order chi connectivity index (χ1) is 11.7. The number of hydrogen-bond acceptors (Lipinski definition) is 4. The van der Waals surface area contributed by atoms with Crippen molar-refractivity contribution in [1.82, 2.24) is 5.32 Å². The van der Waals surface area contributed by atoms with Crippen molar-refractivity contribution in [2.24, 2.45) is 0 Å². The number of aliphatic hydroxyl groups excluding tert-OH is 1. The Morgan fingerprint density at radius 1 is 1.04 bits per heavy atom. The van der Waals surface area contributed by atoms with Crippen molar-refractivity contribution in [2.45, 2.75) is 39.0 Å². The van der Waals surface area contributed by atoms with Gasteiger partial charge in [-0.05, 0) is 42.7 Å². The van der Waals surface area contributed by atoms with E-state index in [-0.39, 0.29) is 12.1 Å². The van der Waals surface area contributed by atoms with Gasteiger partial charge in [0, 0.05) is 13.0 Å². The topological polar surface area (TPSA) is 50.7 Å². The fraction of sp³-hybridized carbons (Fsp3) is 0.400. The molecule has 0 fully saturated rings. The molecule has 128 valence electrons. The van der Waals surface area contributed by atoms with Gasteiger partial charge in [0.15, 0.2) is 11.5 Å². The van der Waals surface area contributed by atoms with Crippen molar-refractivity contribution in [3.05, 3.63) is 59.2 Å². The van der Waals surface area contributed by atoms with Crippen molar-refractivity contribution in [3.63, 3.8) is 0 Å². The SMILES string of the molecule is CCOc1ccc(CN[C@@H]2c3ccccc3C[C@@H]2O)cc1OCC. The van der Waals surface area contributed by atoms with Crippen LogP contribution in [0, 0.1) is 0 Å². The van der Waals surface area contributed by atoms with Crippen LogP contribution in [0.15, 0.2) is 42.5 Å². The van der Waals surface area contributed by atoms with Crippen molar-refractivity contribution in [2.75, 3.05) is 13.2 Å². The Hall–Kier alpha value is -2.04. The molecule has 0 radical (unpaired) electrons. The molecule has 3 rings (SSSR count). The van der Waals surface area contributed by atoms with Gasteiger partial charge in [-0.2, -0.15) is 0 Å². The zero-order valence-corrected chi connectivity index (χ0v) is 14.3. The molecule has 2 N–H and O–H groups in total. The second kappa shape index (κ2) is 7.69. The largest absolute Gasteiger partial charge is 0.490 e. The first-order valence-corrected chi connectivity index (χ1v) is 8.60. The molecule has 0 bridgehead atoms. The highest BCUT2D eigenvalue weighted by molar-refractivity contribution is 5.43. The predicted octanol–water partition coefficient (Wildman–Crippen LogP) is 3.23. The lowest BCUT2D eigenvalue weighted by molar-refractivity contribution is 0.140. The third-order valence-electron chi connectivity index (χ3n) is 4.34. The van der Waals surface area contributed by atoms with E-state index in [1.54, 1.807) is 0 Å². The van der Waals surface area contributed by atoms with Gasteiger partial charge in [0.1, 0.15) is 0 Å². The van der Waals surface area contributed by atoms with Crippen molar-refractivity contribution in [1.29, 1.82) is 0 Å². The van der Waals surface area contributed by atoms with Crippen LogP contribution in [0.4, 0.5) is 0 Å². The van der Waals surface area contributed by atoms with E-state index in [2.05, 4.69) is 17.4 Å². The van der Waals surface area contributed by atoms with Gasteiger partial charge in [0.05, 0.1) is 25.4 Å². The Balaban J connectivity index is 1.71. The number of hydrogen-bond donors (Lipinski definition) is 2. The second-order valence-corrected chi connectivity index (χ2v) is 5.98. The van der Waals surface area contributed by atoms with Crippen molar-refractivity contribution in [3.8, 4) is 11.5 Å². The minimum Gasteiger partial charge on any atom is -0.490 e. The summed E-state index contributed by atoms with van der Waals surface area (Å²) in [7, 11) is 0. The first kappa shape index (κ1) is 16.8. The summed E-state index contributed by atoms with van der Waals surface area (Å²) in [5.74, 6) is 1.54. The van der Waals surface area contributed by atoms with Gasteiger partial charge in [-0.25, -0.2) is 0 Å². The van der Waals surface area contributed by atoms with Crippen LogP contribution in [0.2, 0.25) is 0 Å². The van der Waals surface area contributed by atoms with E-state index < -0.39 is 0 Å². The van der Waals surface area contributed by atoms with Crippen LogP contribution in [0.3, 0.4) is 0 Å². The maximum atomic E-state index is 10.3. The number of benzene rings is 2. The Morgan fingerprint density at radius 3 is 2.58 bits per heavy atom. The highest BCUT2D eigenvalue weighted by Gasteiger charge is 2.30. The molecule has 1 aliphatic rings. The smallest absolute Gasteiger partial charge is 0.161 e. The number of aliphatic hydroxyl groups is 1. The lowest BCUT2D eigenvalue weighted by Gasteiger charge is -2.19. The molecule has 0 heterocycles. The van der Waals surface area contributed by atoms with Crippen LogP contribution in [0.25, 0.3) is 0 Å². The Bertz CT molecular complexity index is 686. The summed E-state index contributed by atoms with van der Waals surface area (Å²) in [6.07, 6.45) is 0.331. The van der Waals surface area contributed by atoms with Crippen LogP contribution in [-0.4, -0.2) is 24.4 Å². The zero-order valence-electron chi connectivity index (χ0n) is 14.3. The molecule has 0 amide bonds. The van der Waals surface area contributed by atoms with Crippen LogP contribution in [0.1, 0.15) is 36.6 Å². The molecule has 0 aliphatic heterocycles. The maximum Gasteiger partial charge on any atom is 0.161 e. The summed E-state index contributed by atoms with van der Waals surface area (Å²) in [6.45, 7) is 5.81. The Morgan fingerprint density at radius 2 is 1.79 bits per heavy atom. The summed E-state index contributed by atoms with van der Waals surface area (Å²) in [5.41, 5.74) is 3.53. The molecule has 2 aromatic rings. The lowest BCUT2D eigenvalue weighted by Crippen LogP contribution is -2.28. The third-order valence-corrected chi connectivity index (χ3v) is 4.34. The summed E-state index contributed by atoms with van der Waals surface area (Å²) in [4.78, 5) is 0. The molecule has 0 aromatic heterocycles. The third kappa shape index (κ3) is 3.55. The van der Waals surface area contributed by atoms with Crippen LogP contribution in [0.5, 0.6) is 11.5 Å². The number of fused-ring (bicyclic) bond motifs is 1. The van der Waals surface area contributed by atoms with Crippen LogP contribution in [-0.2, 0) is 13.0 Å². The van der Waals surface area contributed by atoms with Crippen LogP contribution < -0.4 is 14.8 Å². The summed E-state index contributed by atoms with van der Waals surface area (Å²) >= 11 is 0. The second-order valence-electron chi connectivity index (χ2n) is 5.98. The first-order valence-electron chi connectivity index (χ1n) is 8.60. The molecule has 1 aliphatic carbocycles. The van der Waals surface area contributed by atoms with Crippen LogP contribution >= 0.6 is 0 Å². The zero-order chi connectivity index (χ0) is 16.9. The summed E-state index contributed by atoms with van der Waals surface area (Å²) in [6, 6.07) is 14.2. The molecule has 0 saturated heterocycles. The van der Waals surface area contributed by atoms with E-state index in [0.29, 0.717) is 26.2 Å². The Labute approximate surface area is 143 Å². The monoisotopic (exact) mass is 327 g/mol. The fourth-order valence-corrected chi connectivity index (χ4v) is 3.25. The minimum absolute atomic E-state index is 0.0247. The minimum atomic E-state index is -0.378. The average molecular weight is 327 g/mol. The molecular formula is C20H25NO3. The molecular weight excluding hydrogens is 302 g/mol. The molecule has 0 unspecified atom stereocenters. The average Bonchev–Trinajstić information content (AvgIpc) is 2.91. The number of nitrogens with one attached hydrogen (secondary N) is 1. The predicted molar refractivity (Wildman–Crippen MR) is 94.5 cm³/mol. The van der Waals surface area contributed by atoms with Gasteiger partial charge in [0.2, 0.25) is 0 Å². The van der Waals surface area contributed by atoms with Gasteiger partial charge in [-0.15, -0.1) is 0 Å². The molecule has 0 spiro atoms. The molecule has 2 aromatic carbocycles. The van der Waals surface area contributed by atoms with Crippen molar-refractivity contribution < 1.29 is 14.6 Å². The van der Waals surface area contributed by atoms with E-state index >= 15 is 0 Å².